The number of phenols is 1. The van der Waals surface area contributed by atoms with E-state index in [2.05, 4.69) is 10.3 Å². The number of benzene rings is 1. The summed E-state index contributed by atoms with van der Waals surface area (Å²) in [7, 11) is 0. The van der Waals surface area contributed by atoms with Crippen molar-refractivity contribution in [1.29, 1.82) is 0 Å². The zero-order valence-electron chi connectivity index (χ0n) is 12.7. The second kappa shape index (κ2) is 6.85. The Morgan fingerprint density at radius 2 is 2.14 bits per heavy atom. The molecule has 116 valence electrons. The molecule has 2 rings (SSSR count). The summed E-state index contributed by atoms with van der Waals surface area (Å²) in [5.74, 6) is 0.131. The Kier molecular flexibility index (Phi) is 4.88. The molecule has 4 N–H and O–H groups in total. The van der Waals surface area contributed by atoms with Gasteiger partial charge in [-0.25, -0.2) is 0 Å². The Labute approximate surface area is 129 Å². The Morgan fingerprint density at radius 3 is 2.82 bits per heavy atom. The number of H-pyrrole nitrogens is 1. The van der Waals surface area contributed by atoms with Crippen molar-refractivity contribution in [2.45, 2.75) is 20.3 Å². The summed E-state index contributed by atoms with van der Waals surface area (Å²) in [5.41, 5.74) is 2.07. The third kappa shape index (κ3) is 3.91. The highest BCUT2D eigenvalue weighted by atomic mass is 16.3. The van der Waals surface area contributed by atoms with E-state index in [0.29, 0.717) is 12.2 Å². The average molecular weight is 300 g/mol. The molecule has 0 bridgehead atoms. The number of allylic oxidation sites excluding steroid dienone is 2. The van der Waals surface area contributed by atoms with Crippen LogP contribution in [0.4, 0.5) is 0 Å². The second-order valence-corrected chi connectivity index (χ2v) is 5.11. The molecule has 5 heteroatoms. The van der Waals surface area contributed by atoms with Gasteiger partial charge in [0.05, 0.1) is 5.76 Å². The van der Waals surface area contributed by atoms with Crippen molar-refractivity contribution < 1.29 is 15.0 Å². The zero-order valence-corrected chi connectivity index (χ0v) is 12.7. The highest BCUT2D eigenvalue weighted by molar-refractivity contribution is 5.98. The minimum absolute atomic E-state index is 0.162. The molecule has 22 heavy (non-hydrogen) atoms. The van der Waals surface area contributed by atoms with Crippen LogP contribution in [-0.4, -0.2) is 27.6 Å². The van der Waals surface area contributed by atoms with Crippen LogP contribution >= 0.6 is 0 Å². The van der Waals surface area contributed by atoms with Gasteiger partial charge in [-0.05, 0) is 49.3 Å². The summed E-state index contributed by atoms with van der Waals surface area (Å²) >= 11 is 0. The number of rotatable bonds is 5. The first kappa shape index (κ1) is 15.7. The fourth-order valence-corrected chi connectivity index (χ4v) is 2.23. The van der Waals surface area contributed by atoms with Gasteiger partial charge in [0.25, 0.3) is 5.91 Å². The molecule has 0 saturated heterocycles. The van der Waals surface area contributed by atoms with E-state index in [1.165, 1.54) is 0 Å². The first-order valence-corrected chi connectivity index (χ1v) is 7.16. The third-order valence-corrected chi connectivity index (χ3v) is 3.16. The van der Waals surface area contributed by atoms with Gasteiger partial charge in [-0.2, -0.15) is 0 Å². The smallest absolute Gasteiger partial charge is 0.267 e. The number of hydrogen-bond acceptors (Lipinski definition) is 3. The van der Waals surface area contributed by atoms with Crippen molar-refractivity contribution in [3.63, 3.8) is 0 Å². The molecule has 0 aliphatic heterocycles. The molecule has 0 saturated carbocycles. The summed E-state index contributed by atoms with van der Waals surface area (Å²) in [4.78, 5) is 15.2. The SMILES string of the molecule is CC/C=C(\C=C(/C)O)CNC(=O)c1cc2cc(O)ccc2[nH]1. The zero-order chi connectivity index (χ0) is 16.1. The quantitative estimate of drug-likeness (QED) is 0.504. The van der Waals surface area contributed by atoms with E-state index in [4.69, 9.17) is 0 Å². The van der Waals surface area contributed by atoms with Gasteiger partial charge in [0, 0.05) is 17.4 Å². The number of fused-ring (bicyclic) bond motifs is 1. The Morgan fingerprint density at radius 1 is 1.36 bits per heavy atom. The molecule has 0 fully saturated rings. The second-order valence-electron chi connectivity index (χ2n) is 5.11. The molecular weight excluding hydrogens is 280 g/mol. The molecule has 0 aliphatic rings. The van der Waals surface area contributed by atoms with Crippen molar-refractivity contribution in [1.82, 2.24) is 10.3 Å². The normalized spacial score (nSPS) is 12.6. The molecule has 1 amide bonds. The molecule has 0 atom stereocenters. The van der Waals surface area contributed by atoms with Crippen molar-refractivity contribution in [3.8, 4) is 5.75 Å². The van der Waals surface area contributed by atoms with Gasteiger partial charge < -0.3 is 20.5 Å². The molecule has 0 radical (unpaired) electrons. The van der Waals surface area contributed by atoms with Gasteiger partial charge in [0.2, 0.25) is 0 Å². The molecule has 5 nitrogen and oxygen atoms in total. The van der Waals surface area contributed by atoms with Crippen LogP contribution in [0.2, 0.25) is 0 Å². The maximum Gasteiger partial charge on any atom is 0.267 e. The number of aliphatic hydroxyl groups excluding tert-OH is 1. The largest absolute Gasteiger partial charge is 0.513 e. The van der Waals surface area contributed by atoms with Gasteiger partial charge in [-0.15, -0.1) is 0 Å². The van der Waals surface area contributed by atoms with Gasteiger partial charge >= 0.3 is 0 Å². The highest BCUT2D eigenvalue weighted by Gasteiger charge is 2.09. The summed E-state index contributed by atoms with van der Waals surface area (Å²) in [5, 5.41) is 22.4. The van der Waals surface area contributed by atoms with Crippen LogP contribution in [-0.2, 0) is 0 Å². The molecule has 0 spiro atoms. The van der Waals surface area contributed by atoms with E-state index in [9.17, 15) is 15.0 Å². The van der Waals surface area contributed by atoms with Gasteiger partial charge in [-0.1, -0.05) is 13.0 Å². The van der Waals surface area contributed by atoms with Crippen molar-refractivity contribution >= 4 is 16.8 Å². The first-order valence-electron chi connectivity index (χ1n) is 7.16. The third-order valence-electron chi connectivity index (χ3n) is 3.16. The van der Waals surface area contributed by atoms with Crippen LogP contribution in [0.3, 0.4) is 0 Å². The first-order chi connectivity index (χ1) is 10.5. The lowest BCUT2D eigenvalue weighted by atomic mass is 10.2. The predicted molar refractivity (Wildman–Crippen MR) is 87.1 cm³/mol. The van der Waals surface area contributed by atoms with E-state index in [1.54, 1.807) is 37.3 Å². The number of amides is 1. The lowest BCUT2D eigenvalue weighted by Crippen LogP contribution is -2.25. The molecule has 0 unspecified atom stereocenters. The number of aromatic amines is 1. The van der Waals surface area contributed by atoms with Gasteiger partial charge in [0.1, 0.15) is 11.4 Å². The number of phenolic OH excluding ortho intramolecular Hbond substituents is 1. The Balaban J connectivity index is 2.10. The molecule has 2 aromatic rings. The van der Waals surface area contributed by atoms with Gasteiger partial charge in [0.15, 0.2) is 0 Å². The summed E-state index contributed by atoms with van der Waals surface area (Å²) < 4.78 is 0. The number of aromatic nitrogens is 1. The summed E-state index contributed by atoms with van der Waals surface area (Å²) in [6.07, 6.45) is 4.40. The fourth-order valence-electron chi connectivity index (χ4n) is 2.23. The van der Waals surface area contributed by atoms with Crippen LogP contribution in [0.15, 0.2) is 47.7 Å². The molecule has 1 aromatic carbocycles. The number of aliphatic hydroxyl groups is 1. The number of carbonyl (C=O) groups is 1. The maximum absolute atomic E-state index is 12.2. The monoisotopic (exact) mass is 300 g/mol. The van der Waals surface area contributed by atoms with Crippen LogP contribution in [0.25, 0.3) is 10.9 Å². The predicted octanol–water partition coefficient (Wildman–Crippen LogP) is 3.40. The fraction of sp³-hybridized carbons (Fsp3) is 0.235. The van der Waals surface area contributed by atoms with E-state index < -0.39 is 0 Å². The molecular formula is C17H20N2O3. The van der Waals surface area contributed by atoms with Crippen LogP contribution in [0.1, 0.15) is 30.8 Å². The Hall–Kier alpha value is -2.69. The summed E-state index contributed by atoms with van der Waals surface area (Å²) in [6.45, 7) is 3.92. The number of hydrogen-bond donors (Lipinski definition) is 4. The number of aromatic hydroxyl groups is 1. The molecule has 0 aliphatic carbocycles. The molecule has 1 heterocycles. The number of carbonyl (C=O) groups excluding carboxylic acids is 1. The van der Waals surface area contributed by atoms with Crippen LogP contribution in [0, 0.1) is 0 Å². The maximum atomic E-state index is 12.2. The van der Waals surface area contributed by atoms with Crippen molar-refractivity contribution in [3.05, 3.63) is 53.4 Å². The lowest BCUT2D eigenvalue weighted by Gasteiger charge is -2.05. The topological polar surface area (TPSA) is 85.3 Å². The van der Waals surface area contributed by atoms with Gasteiger partial charge in [-0.3, -0.25) is 4.79 Å². The van der Waals surface area contributed by atoms with Crippen LogP contribution < -0.4 is 5.32 Å². The molecule has 1 aromatic heterocycles. The van der Waals surface area contributed by atoms with E-state index in [0.717, 1.165) is 22.9 Å². The highest BCUT2D eigenvalue weighted by Crippen LogP contribution is 2.20. The van der Waals surface area contributed by atoms with E-state index in [-0.39, 0.29) is 17.4 Å². The lowest BCUT2D eigenvalue weighted by molar-refractivity contribution is 0.0953. The average Bonchev–Trinajstić information content (AvgIpc) is 2.87. The number of nitrogens with one attached hydrogen (secondary N) is 2. The van der Waals surface area contributed by atoms with E-state index >= 15 is 0 Å². The van der Waals surface area contributed by atoms with Crippen LogP contribution in [0.5, 0.6) is 5.75 Å². The standard InChI is InChI=1S/C17H20N2O3/c1-3-4-12(7-11(2)20)10-18-17(22)16-9-13-8-14(21)5-6-15(13)19-16/h4-9,19-21H,3,10H2,1-2H3,(H,18,22)/b11-7+,12-4+. The summed E-state index contributed by atoms with van der Waals surface area (Å²) in [6, 6.07) is 6.59. The van der Waals surface area contributed by atoms with Crippen molar-refractivity contribution in [2.24, 2.45) is 0 Å². The minimum atomic E-state index is -0.235. The van der Waals surface area contributed by atoms with E-state index in [1.807, 2.05) is 13.0 Å². The van der Waals surface area contributed by atoms with Crippen molar-refractivity contribution in [2.75, 3.05) is 6.54 Å². The minimum Gasteiger partial charge on any atom is -0.513 e. The Bertz CT molecular complexity index is 737.